The van der Waals surface area contributed by atoms with Crippen molar-refractivity contribution in [3.05, 3.63) is 24.3 Å². The van der Waals surface area contributed by atoms with E-state index in [4.69, 9.17) is 0 Å². The molecular weight excluding hydrogens is 400 g/mol. The minimum atomic E-state index is -3.16. The van der Waals surface area contributed by atoms with Gasteiger partial charge < -0.3 is 10.2 Å². The lowest BCUT2D eigenvalue weighted by Crippen LogP contribution is -2.47. The Hall–Kier alpha value is -1.64. The highest BCUT2D eigenvalue weighted by atomic mass is 32.2. The van der Waals surface area contributed by atoms with E-state index < -0.39 is 10.0 Å². The minimum absolute atomic E-state index is 0.00468. The molecule has 2 aliphatic heterocycles. The predicted molar refractivity (Wildman–Crippen MR) is 120 cm³/mol. The second-order valence-corrected chi connectivity index (χ2v) is 11.1. The van der Waals surface area contributed by atoms with Crippen LogP contribution >= 0.6 is 0 Å². The van der Waals surface area contributed by atoms with E-state index in [2.05, 4.69) is 27.2 Å². The van der Waals surface area contributed by atoms with E-state index in [9.17, 15) is 13.2 Å². The third-order valence-electron chi connectivity index (χ3n) is 6.65. The topological polar surface area (TPSA) is 73.0 Å². The molecule has 3 aliphatic rings. The van der Waals surface area contributed by atoms with E-state index >= 15 is 0 Å². The molecule has 8 heteroatoms. The van der Waals surface area contributed by atoms with E-state index in [1.807, 2.05) is 12.1 Å². The number of amides is 1. The number of hydrogen-bond donors (Lipinski definition) is 1. The molecule has 0 unspecified atom stereocenters. The van der Waals surface area contributed by atoms with Gasteiger partial charge in [0, 0.05) is 63.1 Å². The van der Waals surface area contributed by atoms with Gasteiger partial charge in [0.25, 0.3) is 0 Å². The Morgan fingerprint density at radius 1 is 1.03 bits per heavy atom. The molecule has 2 saturated heterocycles. The van der Waals surface area contributed by atoms with Gasteiger partial charge in [0.1, 0.15) is 0 Å². The van der Waals surface area contributed by atoms with Crippen molar-refractivity contribution in [2.24, 2.45) is 11.8 Å². The van der Waals surface area contributed by atoms with Crippen LogP contribution in [0.1, 0.15) is 32.6 Å². The molecule has 0 radical (unpaired) electrons. The van der Waals surface area contributed by atoms with Crippen LogP contribution < -0.4 is 10.2 Å². The van der Waals surface area contributed by atoms with Crippen molar-refractivity contribution in [3.63, 3.8) is 0 Å². The SMILES string of the molecule is CCS(=O)(=O)N1CCC(C(=O)Nc2cccc(N3CCN(CC4CC4)CC3)c2)CC1. The zero-order valence-corrected chi connectivity index (χ0v) is 18.7. The van der Waals surface area contributed by atoms with Crippen molar-refractivity contribution in [2.75, 3.05) is 61.8 Å². The summed E-state index contributed by atoms with van der Waals surface area (Å²) in [7, 11) is -3.16. The number of piperidine rings is 1. The molecule has 3 fully saturated rings. The fraction of sp³-hybridized carbons (Fsp3) is 0.682. The van der Waals surface area contributed by atoms with Gasteiger partial charge in [0.2, 0.25) is 15.9 Å². The number of nitrogens with one attached hydrogen (secondary N) is 1. The molecule has 1 amide bonds. The largest absolute Gasteiger partial charge is 0.369 e. The Labute approximate surface area is 180 Å². The summed E-state index contributed by atoms with van der Waals surface area (Å²) in [5, 5.41) is 3.06. The van der Waals surface area contributed by atoms with Crippen molar-refractivity contribution in [1.29, 1.82) is 0 Å². The number of anilines is 2. The van der Waals surface area contributed by atoms with E-state index in [0.717, 1.165) is 43.5 Å². The molecule has 4 rings (SSSR count). The maximum Gasteiger partial charge on any atom is 0.227 e. The van der Waals surface area contributed by atoms with Crippen molar-refractivity contribution in [1.82, 2.24) is 9.21 Å². The first-order chi connectivity index (χ1) is 14.4. The highest BCUT2D eigenvalue weighted by molar-refractivity contribution is 7.89. The van der Waals surface area contributed by atoms with Crippen molar-refractivity contribution >= 4 is 27.3 Å². The number of nitrogens with zero attached hydrogens (tertiary/aromatic N) is 3. The molecule has 7 nitrogen and oxygen atoms in total. The molecule has 30 heavy (non-hydrogen) atoms. The van der Waals surface area contributed by atoms with Crippen LogP contribution in [0.15, 0.2) is 24.3 Å². The summed E-state index contributed by atoms with van der Waals surface area (Å²) in [6.45, 7) is 8.02. The quantitative estimate of drug-likeness (QED) is 0.712. The molecular formula is C22H34N4O3S. The highest BCUT2D eigenvalue weighted by Gasteiger charge is 2.30. The van der Waals surface area contributed by atoms with Gasteiger partial charge in [0.05, 0.1) is 5.75 Å². The van der Waals surface area contributed by atoms with E-state index in [-0.39, 0.29) is 17.6 Å². The summed E-state index contributed by atoms with van der Waals surface area (Å²) in [5.41, 5.74) is 1.98. The zero-order valence-electron chi connectivity index (χ0n) is 17.9. The number of carbonyl (C=O) groups excluding carboxylic acids is 1. The highest BCUT2D eigenvalue weighted by Crippen LogP contribution is 2.30. The maximum absolute atomic E-state index is 12.7. The number of benzene rings is 1. The van der Waals surface area contributed by atoms with Crippen LogP contribution in [0.2, 0.25) is 0 Å². The summed E-state index contributed by atoms with van der Waals surface area (Å²) in [4.78, 5) is 17.7. The van der Waals surface area contributed by atoms with Crippen LogP contribution in [-0.4, -0.2) is 75.1 Å². The molecule has 0 bridgehead atoms. The Morgan fingerprint density at radius 3 is 2.37 bits per heavy atom. The number of hydrogen-bond acceptors (Lipinski definition) is 5. The molecule has 2 heterocycles. The fourth-order valence-corrected chi connectivity index (χ4v) is 5.59. The summed E-state index contributed by atoms with van der Waals surface area (Å²) >= 11 is 0. The Kier molecular flexibility index (Phi) is 6.65. The Bertz CT molecular complexity index is 840. The summed E-state index contributed by atoms with van der Waals surface area (Å²) in [6.07, 6.45) is 3.95. The Morgan fingerprint density at radius 2 is 1.73 bits per heavy atom. The predicted octanol–water partition coefficient (Wildman–Crippen LogP) is 2.22. The average molecular weight is 435 g/mol. The van der Waals surface area contributed by atoms with Crippen molar-refractivity contribution < 1.29 is 13.2 Å². The van der Waals surface area contributed by atoms with Crippen molar-refractivity contribution in [3.8, 4) is 0 Å². The van der Waals surface area contributed by atoms with E-state index in [0.29, 0.717) is 25.9 Å². The van der Waals surface area contributed by atoms with E-state index in [1.54, 1.807) is 6.92 Å². The van der Waals surface area contributed by atoms with Crippen LogP contribution in [-0.2, 0) is 14.8 Å². The molecule has 1 saturated carbocycles. The lowest BCUT2D eigenvalue weighted by atomic mass is 9.97. The minimum Gasteiger partial charge on any atom is -0.369 e. The van der Waals surface area contributed by atoms with Crippen LogP contribution in [0, 0.1) is 11.8 Å². The van der Waals surface area contributed by atoms with Gasteiger partial charge in [-0.25, -0.2) is 12.7 Å². The monoisotopic (exact) mass is 434 g/mol. The van der Waals surface area contributed by atoms with Crippen molar-refractivity contribution in [2.45, 2.75) is 32.6 Å². The van der Waals surface area contributed by atoms with Gasteiger partial charge >= 0.3 is 0 Å². The molecule has 0 aromatic heterocycles. The number of carbonyl (C=O) groups is 1. The van der Waals surface area contributed by atoms with Crippen LogP contribution in [0.4, 0.5) is 11.4 Å². The van der Waals surface area contributed by atoms with Crippen LogP contribution in [0.5, 0.6) is 0 Å². The van der Waals surface area contributed by atoms with Gasteiger partial charge in [-0.05, 0) is 56.7 Å². The second-order valence-electron chi connectivity index (χ2n) is 8.84. The normalized spacial score (nSPS) is 22.2. The first-order valence-electron chi connectivity index (χ1n) is 11.3. The first kappa shape index (κ1) is 21.6. The number of rotatable bonds is 7. The summed E-state index contributed by atoms with van der Waals surface area (Å²) in [5.74, 6) is 0.910. The summed E-state index contributed by atoms with van der Waals surface area (Å²) in [6, 6.07) is 8.10. The molecule has 1 aromatic carbocycles. The van der Waals surface area contributed by atoms with Gasteiger partial charge in [-0.15, -0.1) is 0 Å². The van der Waals surface area contributed by atoms with Gasteiger partial charge in [-0.3, -0.25) is 9.69 Å². The molecule has 1 N–H and O–H groups in total. The smallest absolute Gasteiger partial charge is 0.227 e. The Balaban J connectivity index is 1.28. The lowest BCUT2D eigenvalue weighted by Gasteiger charge is -2.36. The molecule has 166 valence electrons. The second kappa shape index (κ2) is 9.24. The van der Waals surface area contributed by atoms with Gasteiger partial charge in [-0.2, -0.15) is 0 Å². The molecule has 0 spiro atoms. The molecule has 1 aromatic rings. The number of sulfonamides is 1. The van der Waals surface area contributed by atoms with Gasteiger partial charge in [0.15, 0.2) is 0 Å². The maximum atomic E-state index is 12.7. The standard InChI is InChI=1S/C22H34N4O3S/c1-2-30(28,29)26-10-8-19(9-11-26)22(27)23-20-4-3-5-21(16-20)25-14-12-24(13-15-25)17-18-6-7-18/h3-5,16,18-19H,2,6-15,17H2,1H3,(H,23,27). The molecule has 1 aliphatic carbocycles. The van der Waals surface area contributed by atoms with Crippen LogP contribution in [0.25, 0.3) is 0 Å². The first-order valence-corrected chi connectivity index (χ1v) is 12.9. The summed E-state index contributed by atoms with van der Waals surface area (Å²) < 4.78 is 25.5. The number of piperazine rings is 1. The average Bonchev–Trinajstić information content (AvgIpc) is 3.58. The third kappa shape index (κ3) is 5.34. The van der Waals surface area contributed by atoms with Crippen LogP contribution in [0.3, 0.4) is 0 Å². The van der Waals surface area contributed by atoms with E-state index in [1.165, 1.54) is 23.7 Å². The van der Waals surface area contributed by atoms with Gasteiger partial charge in [-0.1, -0.05) is 6.07 Å². The molecule has 0 atom stereocenters. The lowest BCUT2D eigenvalue weighted by molar-refractivity contribution is -0.120. The zero-order chi connectivity index (χ0) is 21.1. The fourth-order valence-electron chi connectivity index (χ4n) is 4.46. The third-order valence-corrected chi connectivity index (χ3v) is 8.53.